The van der Waals surface area contributed by atoms with Gasteiger partial charge in [-0.25, -0.2) is 14.4 Å². The molecule has 0 saturated carbocycles. The Morgan fingerprint density at radius 2 is 2.09 bits per heavy atom. The first-order chi connectivity index (χ1) is 10.5. The van der Waals surface area contributed by atoms with Gasteiger partial charge in [0.2, 0.25) is 0 Å². The third kappa shape index (κ3) is 2.31. The number of anilines is 2. The minimum absolute atomic E-state index is 0.161. The molecule has 1 fully saturated rings. The number of aromatic nitrogens is 2. The summed E-state index contributed by atoms with van der Waals surface area (Å²) >= 11 is 0. The van der Waals surface area contributed by atoms with Crippen molar-refractivity contribution in [2.45, 2.75) is 12.2 Å². The van der Waals surface area contributed by atoms with Crippen LogP contribution in [0.1, 0.15) is 0 Å². The maximum absolute atomic E-state index is 14.3. The molecular formula is C15H20FN5O. The average Bonchev–Trinajstić information content (AvgIpc) is 2.88. The molecular weight excluding hydrogens is 285 g/mol. The van der Waals surface area contributed by atoms with Crippen LogP contribution in [0.5, 0.6) is 5.75 Å². The lowest BCUT2D eigenvalue weighted by Crippen LogP contribution is -2.36. The predicted molar refractivity (Wildman–Crippen MR) is 85.1 cm³/mol. The van der Waals surface area contributed by atoms with E-state index in [1.54, 1.807) is 7.11 Å². The molecule has 1 aliphatic rings. The van der Waals surface area contributed by atoms with Gasteiger partial charge >= 0.3 is 0 Å². The fraction of sp³-hybridized carbons (Fsp3) is 0.467. The number of fused-ring (bicyclic) bond motifs is 1. The maximum atomic E-state index is 14.3. The average molecular weight is 305 g/mol. The highest BCUT2D eigenvalue weighted by Crippen LogP contribution is 2.40. The van der Waals surface area contributed by atoms with E-state index in [1.807, 2.05) is 36.0 Å². The lowest BCUT2D eigenvalue weighted by molar-refractivity contribution is 0.202. The first kappa shape index (κ1) is 14.8. The summed E-state index contributed by atoms with van der Waals surface area (Å²) in [7, 11) is 5.37. The Balaban J connectivity index is 2.13. The monoisotopic (exact) mass is 305 g/mol. The maximum Gasteiger partial charge on any atom is 0.143 e. The van der Waals surface area contributed by atoms with Crippen LogP contribution in [0.3, 0.4) is 0 Å². The van der Waals surface area contributed by atoms with Gasteiger partial charge in [0.1, 0.15) is 24.1 Å². The molecule has 0 radical (unpaired) electrons. The van der Waals surface area contributed by atoms with Crippen LogP contribution < -0.4 is 15.4 Å². The number of nitrogens with zero attached hydrogens (tertiary/aromatic N) is 4. The zero-order valence-corrected chi connectivity index (χ0v) is 13.0. The van der Waals surface area contributed by atoms with Crippen LogP contribution in [0.15, 0.2) is 18.5 Å². The van der Waals surface area contributed by atoms with Gasteiger partial charge < -0.3 is 20.3 Å². The van der Waals surface area contributed by atoms with E-state index in [4.69, 9.17) is 10.5 Å². The third-order valence-electron chi connectivity index (χ3n) is 4.19. The number of nitrogens with two attached hydrogens (primary N) is 1. The standard InChI is InChI=1S/C15H20FN5O/c1-20(2)11-7-21(6-9(11)16)14-12(22-3)5-4-10-13(14)15(17)19-8-18-10/h4-5,8-9,11H,6-7H2,1-3H3,(H2,17,18,19)/t9-,11+/m0/s1. The van der Waals surface area contributed by atoms with Crippen molar-refractivity contribution in [3.63, 3.8) is 0 Å². The summed E-state index contributed by atoms with van der Waals surface area (Å²) in [5.74, 6) is 1.03. The van der Waals surface area contributed by atoms with Gasteiger partial charge in [0, 0.05) is 6.54 Å². The first-order valence-electron chi connectivity index (χ1n) is 7.15. The van der Waals surface area contributed by atoms with Crippen molar-refractivity contribution in [1.29, 1.82) is 0 Å². The van der Waals surface area contributed by atoms with Crippen molar-refractivity contribution in [2.75, 3.05) is 44.9 Å². The largest absolute Gasteiger partial charge is 0.495 e. The number of hydrogen-bond donors (Lipinski definition) is 1. The van der Waals surface area contributed by atoms with E-state index in [9.17, 15) is 4.39 Å². The number of ether oxygens (including phenoxy) is 1. The lowest BCUT2D eigenvalue weighted by atomic mass is 10.1. The fourth-order valence-electron chi connectivity index (χ4n) is 3.03. The van der Waals surface area contributed by atoms with Gasteiger partial charge in [0.15, 0.2) is 0 Å². The van der Waals surface area contributed by atoms with Crippen molar-refractivity contribution in [2.24, 2.45) is 0 Å². The number of alkyl halides is 1. The van der Waals surface area contributed by atoms with Crippen molar-refractivity contribution in [3.8, 4) is 5.75 Å². The zero-order valence-electron chi connectivity index (χ0n) is 13.0. The third-order valence-corrected chi connectivity index (χ3v) is 4.19. The SMILES string of the molecule is COc1ccc2ncnc(N)c2c1N1C[C@@H](N(C)C)[C@@H](F)C1. The van der Waals surface area contributed by atoms with Crippen LogP contribution in [0.25, 0.3) is 10.9 Å². The Bertz CT molecular complexity index is 693. The molecule has 1 aromatic carbocycles. The summed E-state index contributed by atoms with van der Waals surface area (Å²) in [6, 6.07) is 3.51. The molecule has 1 aromatic heterocycles. The Morgan fingerprint density at radius 3 is 2.73 bits per heavy atom. The second-order valence-electron chi connectivity index (χ2n) is 5.72. The van der Waals surface area contributed by atoms with Crippen LogP contribution in [0.4, 0.5) is 15.9 Å². The molecule has 2 N–H and O–H groups in total. The molecule has 0 amide bonds. The molecule has 1 saturated heterocycles. The van der Waals surface area contributed by atoms with E-state index in [0.717, 1.165) is 11.2 Å². The number of likely N-dealkylation sites (N-methyl/N-ethyl adjacent to an activating group) is 1. The Hall–Kier alpha value is -2.15. The number of rotatable bonds is 3. The van der Waals surface area contributed by atoms with E-state index < -0.39 is 6.17 Å². The van der Waals surface area contributed by atoms with Gasteiger partial charge in [-0.3, -0.25) is 0 Å². The molecule has 7 heteroatoms. The normalized spacial score (nSPS) is 21.8. The summed E-state index contributed by atoms with van der Waals surface area (Å²) < 4.78 is 19.8. The topological polar surface area (TPSA) is 67.5 Å². The van der Waals surface area contributed by atoms with Gasteiger partial charge in [-0.1, -0.05) is 0 Å². The highest BCUT2D eigenvalue weighted by atomic mass is 19.1. The molecule has 3 rings (SSSR count). The molecule has 0 bridgehead atoms. The minimum Gasteiger partial charge on any atom is -0.495 e. The Morgan fingerprint density at radius 1 is 1.32 bits per heavy atom. The summed E-state index contributed by atoms with van der Waals surface area (Å²) in [6.07, 6.45) is 0.499. The molecule has 0 spiro atoms. The number of halogens is 1. The molecule has 2 aromatic rings. The van der Waals surface area contributed by atoms with Gasteiger partial charge in [-0.15, -0.1) is 0 Å². The number of methoxy groups -OCH3 is 1. The summed E-state index contributed by atoms with van der Waals surface area (Å²) in [5, 5.41) is 0.716. The van der Waals surface area contributed by atoms with Gasteiger partial charge in [-0.05, 0) is 26.2 Å². The second-order valence-corrected chi connectivity index (χ2v) is 5.72. The number of hydrogen-bond acceptors (Lipinski definition) is 6. The predicted octanol–water partition coefficient (Wildman–Crippen LogP) is 1.31. The van der Waals surface area contributed by atoms with E-state index in [-0.39, 0.29) is 6.04 Å². The number of nitrogen functional groups attached to an aromatic ring is 1. The Kier molecular flexibility index (Phi) is 3.74. The van der Waals surface area contributed by atoms with E-state index in [2.05, 4.69) is 9.97 Å². The van der Waals surface area contributed by atoms with Crippen LogP contribution in [0, 0.1) is 0 Å². The van der Waals surface area contributed by atoms with E-state index >= 15 is 0 Å². The molecule has 6 nitrogen and oxygen atoms in total. The van der Waals surface area contributed by atoms with Crippen LogP contribution in [-0.2, 0) is 0 Å². The zero-order chi connectivity index (χ0) is 15.9. The van der Waals surface area contributed by atoms with E-state index in [1.165, 1.54) is 6.33 Å². The van der Waals surface area contributed by atoms with Gasteiger partial charge in [-0.2, -0.15) is 0 Å². The molecule has 118 valence electrons. The summed E-state index contributed by atoms with van der Waals surface area (Å²) in [4.78, 5) is 12.2. The van der Waals surface area contributed by atoms with Gasteiger partial charge in [0.25, 0.3) is 0 Å². The van der Waals surface area contributed by atoms with Crippen molar-refractivity contribution >= 4 is 22.4 Å². The van der Waals surface area contributed by atoms with Crippen LogP contribution in [0.2, 0.25) is 0 Å². The summed E-state index contributed by atoms with van der Waals surface area (Å²) in [6.45, 7) is 0.866. The minimum atomic E-state index is -0.930. The first-order valence-corrected chi connectivity index (χ1v) is 7.15. The second kappa shape index (κ2) is 5.57. The van der Waals surface area contributed by atoms with Crippen molar-refractivity contribution in [3.05, 3.63) is 18.5 Å². The molecule has 2 atom stereocenters. The smallest absolute Gasteiger partial charge is 0.143 e. The molecule has 0 unspecified atom stereocenters. The van der Waals surface area contributed by atoms with Crippen LogP contribution in [-0.4, -0.2) is 61.4 Å². The van der Waals surface area contributed by atoms with Crippen molar-refractivity contribution in [1.82, 2.24) is 14.9 Å². The summed E-state index contributed by atoms with van der Waals surface area (Å²) in [5.41, 5.74) is 7.54. The molecule has 2 heterocycles. The number of benzene rings is 1. The lowest BCUT2D eigenvalue weighted by Gasteiger charge is -2.24. The van der Waals surface area contributed by atoms with Gasteiger partial charge in [0.05, 0.1) is 36.3 Å². The highest BCUT2D eigenvalue weighted by molar-refractivity contribution is 6.02. The Labute approximate surface area is 128 Å². The van der Waals surface area contributed by atoms with Crippen molar-refractivity contribution < 1.29 is 9.13 Å². The quantitative estimate of drug-likeness (QED) is 0.922. The van der Waals surface area contributed by atoms with Crippen LogP contribution >= 0.6 is 0 Å². The molecule has 1 aliphatic heterocycles. The fourth-order valence-corrected chi connectivity index (χ4v) is 3.03. The molecule has 0 aliphatic carbocycles. The molecule has 22 heavy (non-hydrogen) atoms. The highest BCUT2D eigenvalue weighted by Gasteiger charge is 2.36. The van der Waals surface area contributed by atoms with E-state index in [0.29, 0.717) is 30.0 Å².